The van der Waals surface area contributed by atoms with Crippen molar-refractivity contribution >= 4 is 10.2 Å². The van der Waals surface area contributed by atoms with Gasteiger partial charge >= 0.3 is 0 Å². The molecule has 0 amide bonds. The lowest BCUT2D eigenvalue weighted by molar-refractivity contribution is -0.903. The van der Waals surface area contributed by atoms with Crippen molar-refractivity contribution in [2.24, 2.45) is 0 Å². The normalized spacial score (nSPS) is 11.9. The summed E-state index contributed by atoms with van der Waals surface area (Å²) in [6.07, 6.45) is 18.6. The maximum absolute atomic E-state index is 3.57. The summed E-state index contributed by atoms with van der Waals surface area (Å²) in [5, 5.41) is 3.57. The molecule has 0 radical (unpaired) electrons. The molecular formula is C26H51N2Si+. The van der Waals surface area contributed by atoms with Crippen LogP contribution in [-0.4, -0.2) is 48.5 Å². The second-order valence-electron chi connectivity index (χ2n) is 9.65. The van der Waals surface area contributed by atoms with E-state index in [1.807, 2.05) is 0 Å². The smallest absolute Gasteiger partial charge is 0.104 e. The van der Waals surface area contributed by atoms with Crippen LogP contribution in [0.25, 0.3) is 0 Å². The molecule has 0 unspecified atom stereocenters. The lowest BCUT2D eigenvalue weighted by atomic mass is 10.0. The van der Waals surface area contributed by atoms with Crippen molar-refractivity contribution < 1.29 is 4.48 Å². The van der Waals surface area contributed by atoms with Crippen LogP contribution in [-0.2, 0) is 6.54 Å². The monoisotopic (exact) mass is 419 g/mol. The average Bonchev–Trinajstić information content (AvgIpc) is 2.70. The molecule has 29 heavy (non-hydrogen) atoms. The maximum Gasteiger partial charge on any atom is 0.104 e. The zero-order chi connectivity index (χ0) is 21.0. The van der Waals surface area contributed by atoms with Crippen LogP contribution in [0.3, 0.4) is 0 Å². The molecule has 3 heteroatoms. The van der Waals surface area contributed by atoms with Gasteiger partial charge in [-0.3, -0.25) is 0 Å². The van der Waals surface area contributed by atoms with Gasteiger partial charge in [-0.1, -0.05) is 94.2 Å². The summed E-state index contributed by atoms with van der Waals surface area (Å²) in [5.74, 6) is 0. The van der Waals surface area contributed by atoms with E-state index in [0.717, 1.165) is 11.0 Å². The van der Waals surface area contributed by atoms with E-state index in [-0.39, 0.29) is 0 Å². The van der Waals surface area contributed by atoms with E-state index in [1.54, 1.807) is 0 Å². The van der Waals surface area contributed by atoms with E-state index >= 15 is 0 Å². The van der Waals surface area contributed by atoms with Gasteiger partial charge in [-0.05, 0) is 38.8 Å². The lowest BCUT2D eigenvalue weighted by Gasteiger charge is -2.30. The summed E-state index contributed by atoms with van der Waals surface area (Å²) < 4.78 is 1.11. The van der Waals surface area contributed by atoms with Crippen LogP contribution in [0.1, 0.15) is 89.0 Å². The summed E-state index contributed by atoms with van der Waals surface area (Å²) >= 11 is 0. The van der Waals surface area contributed by atoms with Crippen molar-refractivity contribution in [1.82, 2.24) is 5.32 Å². The van der Waals surface area contributed by atoms with Crippen molar-refractivity contribution in [1.29, 1.82) is 0 Å². The molecule has 0 aliphatic heterocycles. The van der Waals surface area contributed by atoms with Crippen molar-refractivity contribution in [3.05, 3.63) is 35.9 Å². The fourth-order valence-corrected chi connectivity index (χ4v) is 4.49. The minimum absolute atomic E-state index is 1.11. The Balaban J connectivity index is 1.81. The molecule has 1 rings (SSSR count). The Kier molecular flexibility index (Phi) is 16.5. The van der Waals surface area contributed by atoms with Crippen molar-refractivity contribution in [2.45, 2.75) is 96.1 Å². The summed E-state index contributed by atoms with van der Waals surface area (Å²) in [4.78, 5) is 0. The Morgan fingerprint density at radius 1 is 0.655 bits per heavy atom. The van der Waals surface area contributed by atoms with Gasteiger partial charge in [-0.25, -0.2) is 0 Å². The van der Waals surface area contributed by atoms with E-state index in [9.17, 15) is 0 Å². The van der Waals surface area contributed by atoms with E-state index in [4.69, 9.17) is 0 Å². The molecule has 0 aliphatic carbocycles. The highest BCUT2D eigenvalue weighted by atomic mass is 28.1. The largest absolute Gasteiger partial charge is 0.325 e. The second-order valence-corrected chi connectivity index (χ2v) is 10.6. The first-order valence-corrected chi connectivity index (χ1v) is 14.1. The molecule has 1 aromatic carbocycles. The Bertz CT molecular complexity index is 461. The summed E-state index contributed by atoms with van der Waals surface area (Å²) in [6.45, 7) is 4.93. The molecule has 168 valence electrons. The van der Waals surface area contributed by atoms with Gasteiger partial charge in [0.2, 0.25) is 0 Å². The molecule has 1 N–H and O–H groups in total. The molecule has 0 saturated heterocycles. The van der Waals surface area contributed by atoms with E-state index in [0.29, 0.717) is 0 Å². The van der Waals surface area contributed by atoms with Crippen molar-refractivity contribution in [3.8, 4) is 0 Å². The van der Waals surface area contributed by atoms with E-state index in [1.165, 1.54) is 125 Å². The summed E-state index contributed by atoms with van der Waals surface area (Å²) in [6, 6.07) is 12.4. The fourth-order valence-electron chi connectivity index (χ4n) is 4.14. The molecule has 0 heterocycles. The molecular weight excluding hydrogens is 368 g/mol. The molecule has 0 fully saturated rings. The van der Waals surface area contributed by atoms with Crippen LogP contribution >= 0.6 is 0 Å². The van der Waals surface area contributed by atoms with Crippen molar-refractivity contribution in [3.63, 3.8) is 0 Å². The van der Waals surface area contributed by atoms with E-state index < -0.39 is 0 Å². The van der Waals surface area contributed by atoms with Gasteiger partial charge in [-0.2, -0.15) is 0 Å². The molecule has 0 aliphatic rings. The quantitative estimate of drug-likeness (QED) is 0.162. The van der Waals surface area contributed by atoms with Gasteiger partial charge in [0.15, 0.2) is 0 Å². The third kappa shape index (κ3) is 16.8. The van der Waals surface area contributed by atoms with Gasteiger partial charge in [-0.15, -0.1) is 0 Å². The topological polar surface area (TPSA) is 12.0 Å². The lowest BCUT2D eigenvalue weighted by Crippen LogP contribution is -2.39. The van der Waals surface area contributed by atoms with Crippen LogP contribution in [0.4, 0.5) is 0 Å². The van der Waals surface area contributed by atoms with Gasteiger partial charge < -0.3 is 9.80 Å². The first kappa shape index (κ1) is 26.4. The predicted octanol–water partition coefficient (Wildman–Crippen LogP) is 5.71. The van der Waals surface area contributed by atoms with Gasteiger partial charge in [0.25, 0.3) is 0 Å². The average molecular weight is 420 g/mol. The Morgan fingerprint density at radius 2 is 1.14 bits per heavy atom. The number of hydrogen-bond acceptors (Lipinski definition) is 1. The highest BCUT2D eigenvalue weighted by Crippen LogP contribution is 2.14. The van der Waals surface area contributed by atoms with Gasteiger partial charge in [0, 0.05) is 15.8 Å². The first-order chi connectivity index (χ1) is 14.1. The maximum atomic E-state index is 3.57. The number of rotatable bonds is 20. The molecule has 0 saturated carbocycles. The number of benzene rings is 1. The van der Waals surface area contributed by atoms with Gasteiger partial charge in [0.05, 0.1) is 20.6 Å². The minimum atomic E-state index is 1.11. The predicted molar refractivity (Wildman–Crippen MR) is 135 cm³/mol. The molecule has 0 bridgehead atoms. The third-order valence-electron chi connectivity index (χ3n) is 6.03. The third-order valence-corrected chi connectivity index (χ3v) is 6.73. The number of nitrogens with one attached hydrogen (secondary N) is 1. The van der Waals surface area contributed by atoms with Crippen LogP contribution < -0.4 is 5.32 Å². The standard InChI is InChI=1S/C26H51N2Si/c1-28(2,25-26-19-14-13-15-20-26)23-17-12-10-8-6-4-3-5-7-9-11-16-21-27-22-18-24-29/h13-15,19-20,27H,3-12,16-18,21-25H2,1-2,29H3/q+1. The van der Waals surface area contributed by atoms with Crippen LogP contribution in [0.15, 0.2) is 30.3 Å². The van der Waals surface area contributed by atoms with Gasteiger partial charge in [0.1, 0.15) is 6.54 Å². The van der Waals surface area contributed by atoms with Crippen molar-refractivity contribution in [2.75, 3.05) is 33.7 Å². The minimum Gasteiger partial charge on any atom is -0.325 e. The SMILES string of the molecule is C[N+](C)(CCCCCCCCCCCCCCNCCC[SiH3])Cc1ccccc1. The molecule has 0 spiro atoms. The first-order valence-electron chi connectivity index (χ1n) is 12.7. The Hall–Kier alpha value is -0.643. The molecule has 0 atom stereocenters. The molecule has 1 aromatic rings. The number of hydrogen-bond donors (Lipinski definition) is 1. The van der Waals surface area contributed by atoms with Crippen LogP contribution in [0.2, 0.25) is 6.04 Å². The molecule has 2 nitrogen and oxygen atoms in total. The second kappa shape index (κ2) is 18.2. The zero-order valence-corrected chi connectivity index (χ0v) is 22.1. The van der Waals surface area contributed by atoms with Crippen LogP contribution in [0, 0.1) is 0 Å². The number of quaternary nitrogens is 1. The molecule has 0 aromatic heterocycles. The number of unbranched alkanes of at least 4 members (excludes halogenated alkanes) is 11. The Morgan fingerprint density at radius 3 is 1.69 bits per heavy atom. The van der Waals surface area contributed by atoms with E-state index in [2.05, 4.69) is 49.7 Å². The fraction of sp³-hybridized carbons (Fsp3) is 0.769. The highest BCUT2D eigenvalue weighted by molar-refractivity contribution is 6.08. The highest BCUT2D eigenvalue weighted by Gasteiger charge is 2.14. The summed E-state index contributed by atoms with van der Waals surface area (Å²) in [5.41, 5.74) is 1.46. The van der Waals surface area contributed by atoms with Crippen LogP contribution in [0.5, 0.6) is 0 Å². The Labute approximate surface area is 185 Å². The number of nitrogens with zero attached hydrogens (tertiary/aromatic N) is 1. The summed E-state index contributed by atoms with van der Waals surface area (Å²) in [7, 11) is 6.11. The zero-order valence-electron chi connectivity index (χ0n) is 20.1.